The van der Waals surface area contributed by atoms with Crippen molar-refractivity contribution in [3.63, 3.8) is 0 Å². The lowest BCUT2D eigenvalue weighted by Gasteiger charge is -1.95. The van der Waals surface area contributed by atoms with Crippen molar-refractivity contribution in [2.24, 2.45) is 0 Å². The molecule has 3 nitrogen and oxygen atoms in total. The summed E-state index contributed by atoms with van der Waals surface area (Å²) in [5.41, 5.74) is 3.96. The summed E-state index contributed by atoms with van der Waals surface area (Å²) in [6.07, 6.45) is 4.40. The fourth-order valence-electron chi connectivity index (χ4n) is 2.36. The molecule has 0 spiro atoms. The van der Waals surface area contributed by atoms with Crippen molar-refractivity contribution in [3.8, 4) is 0 Å². The predicted molar refractivity (Wildman–Crippen MR) is 125 cm³/mol. The minimum Gasteiger partial charge on any atom is -0.298 e. The van der Waals surface area contributed by atoms with Gasteiger partial charge in [0.2, 0.25) is 0 Å². The van der Waals surface area contributed by atoms with Gasteiger partial charge in [-0.3, -0.25) is 14.8 Å². The molecule has 28 heavy (non-hydrogen) atoms. The highest BCUT2D eigenvalue weighted by Crippen LogP contribution is 2.12. The Labute approximate surface area is 171 Å². The first-order valence-corrected chi connectivity index (χ1v) is 9.37. The van der Waals surface area contributed by atoms with E-state index in [1.54, 1.807) is 12.3 Å². The summed E-state index contributed by atoms with van der Waals surface area (Å²) in [6.45, 7) is 10.1. The highest BCUT2D eigenvalue weighted by molar-refractivity contribution is 5.86. The Bertz CT molecular complexity index is 971. The van der Waals surface area contributed by atoms with E-state index in [2.05, 4.69) is 35.1 Å². The van der Waals surface area contributed by atoms with Crippen molar-refractivity contribution in [1.82, 2.24) is 9.97 Å². The molecule has 0 atom stereocenters. The van der Waals surface area contributed by atoms with Gasteiger partial charge in [0.1, 0.15) is 6.29 Å². The first-order valence-electron chi connectivity index (χ1n) is 9.37. The number of rotatable bonds is 1. The highest BCUT2D eigenvalue weighted by Gasteiger charge is 1.94. The Morgan fingerprint density at radius 2 is 1.25 bits per heavy atom. The standard InChI is InChI=1S/C10H7NO.C10H9N.2C2H6.CH4.H2/c12-7-8-3-4-10-9(6-8)2-1-5-11-10;1-8-4-5-10-9(7-8)3-2-6-11-10;2*1-2;;/h1-7H;2-7H,1H3;2*1-2H3;1H4;1H. The third-order valence-corrected chi connectivity index (χ3v) is 3.52. The summed E-state index contributed by atoms with van der Waals surface area (Å²) in [6, 6.07) is 19.5. The van der Waals surface area contributed by atoms with Crippen LogP contribution in [0.15, 0.2) is 73.1 Å². The molecule has 2 heterocycles. The molecule has 0 amide bonds. The maximum atomic E-state index is 10.4. The molecule has 0 fully saturated rings. The number of fused-ring (bicyclic) bond motifs is 2. The van der Waals surface area contributed by atoms with Crippen LogP contribution in [-0.4, -0.2) is 16.3 Å². The predicted octanol–water partition coefficient (Wildman–Crippen LogP) is 7.53. The Morgan fingerprint density at radius 3 is 1.79 bits per heavy atom. The van der Waals surface area contributed by atoms with Crippen LogP contribution in [0.4, 0.5) is 0 Å². The number of hydrogen-bond donors (Lipinski definition) is 0. The molecule has 2 aromatic carbocycles. The zero-order valence-electron chi connectivity index (χ0n) is 16.8. The van der Waals surface area contributed by atoms with E-state index in [4.69, 9.17) is 0 Å². The Hall–Kier alpha value is -3.07. The Balaban J connectivity index is 0. The van der Waals surface area contributed by atoms with Gasteiger partial charge in [0, 0.05) is 30.2 Å². The number of aldehydes is 1. The number of hydrogen-bond acceptors (Lipinski definition) is 3. The lowest BCUT2D eigenvalue weighted by Crippen LogP contribution is -1.81. The molecule has 4 rings (SSSR count). The van der Waals surface area contributed by atoms with Crippen molar-refractivity contribution < 1.29 is 6.22 Å². The molecule has 2 aromatic heterocycles. The van der Waals surface area contributed by atoms with E-state index in [-0.39, 0.29) is 8.85 Å². The largest absolute Gasteiger partial charge is 0.298 e. The van der Waals surface area contributed by atoms with Crippen LogP contribution < -0.4 is 0 Å². The molecule has 0 aliphatic carbocycles. The molecule has 0 unspecified atom stereocenters. The third-order valence-electron chi connectivity index (χ3n) is 3.52. The van der Waals surface area contributed by atoms with Crippen LogP contribution in [0.1, 0.15) is 52.5 Å². The fraction of sp³-hybridized carbons (Fsp3) is 0.240. The zero-order chi connectivity index (χ0) is 20.1. The van der Waals surface area contributed by atoms with Gasteiger partial charge in [-0.05, 0) is 49.4 Å². The molecule has 0 aliphatic heterocycles. The van der Waals surface area contributed by atoms with Crippen LogP contribution in [-0.2, 0) is 0 Å². The van der Waals surface area contributed by atoms with Gasteiger partial charge < -0.3 is 0 Å². The van der Waals surface area contributed by atoms with Gasteiger partial charge in [-0.15, -0.1) is 0 Å². The molecule has 0 bridgehead atoms. The normalized spacial score (nSPS) is 8.75. The van der Waals surface area contributed by atoms with Crippen LogP contribution in [0.3, 0.4) is 0 Å². The van der Waals surface area contributed by atoms with Crippen LogP contribution in [0.5, 0.6) is 0 Å². The lowest BCUT2D eigenvalue weighted by atomic mass is 10.1. The average molecular weight is 379 g/mol. The minimum atomic E-state index is 0. The first-order chi connectivity index (χ1) is 13.3. The summed E-state index contributed by atoms with van der Waals surface area (Å²) in [7, 11) is 0. The summed E-state index contributed by atoms with van der Waals surface area (Å²) >= 11 is 0. The molecule has 0 radical (unpaired) electrons. The van der Waals surface area contributed by atoms with Gasteiger partial charge in [0.05, 0.1) is 11.0 Å². The molecule has 150 valence electrons. The SMILES string of the molecule is C.CC.CC.Cc1ccc2ncccc2c1.O=Cc1ccc2ncccc2c1.[HH]. The lowest BCUT2D eigenvalue weighted by molar-refractivity contribution is 0.112. The van der Waals surface area contributed by atoms with Crippen molar-refractivity contribution in [2.45, 2.75) is 42.0 Å². The second kappa shape index (κ2) is 14.0. The molecule has 0 N–H and O–H groups in total. The zero-order valence-corrected chi connectivity index (χ0v) is 16.8. The van der Waals surface area contributed by atoms with Crippen LogP contribution in [0, 0.1) is 6.92 Å². The van der Waals surface area contributed by atoms with Gasteiger partial charge in [-0.1, -0.05) is 58.9 Å². The molecule has 0 aliphatic rings. The molecular weight excluding hydrogens is 344 g/mol. The summed E-state index contributed by atoms with van der Waals surface area (Å²) < 4.78 is 0. The van der Waals surface area contributed by atoms with E-state index in [9.17, 15) is 4.79 Å². The van der Waals surface area contributed by atoms with Crippen LogP contribution in [0.2, 0.25) is 0 Å². The van der Waals surface area contributed by atoms with E-state index in [0.29, 0.717) is 5.56 Å². The number of benzene rings is 2. The van der Waals surface area contributed by atoms with Gasteiger partial charge in [0.15, 0.2) is 0 Å². The van der Waals surface area contributed by atoms with E-state index < -0.39 is 0 Å². The van der Waals surface area contributed by atoms with E-state index in [1.807, 2.05) is 70.3 Å². The van der Waals surface area contributed by atoms with Gasteiger partial charge >= 0.3 is 0 Å². The number of aryl methyl sites for hydroxylation is 1. The van der Waals surface area contributed by atoms with Gasteiger partial charge in [-0.25, -0.2) is 0 Å². The average Bonchev–Trinajstić information content (AvgIpc) is 2.76. The number of aromatic nitrogens is 2. The van der Waals surface area contributed by atoms with Crippen molar-refractivity contribution in [3.05, 3.63) is 84.2 Å². The van der Waals surface area contributed by atoms with Gasteiger partial charge in [-0.2, -0.15) is 0 Å². The minimum absolute atomic E-state index is 0. The number of carbonyl (C=O) groups excluding carboxylic acids is 1. The molecule has 0 saturated carbocycles. The first kappa shape index (κ1) is 24.9. The smallest absolute Gasteiger partial charge is 0.150 e. The third kappa shape index (κ3) is 7.28. The highest BCUT2D eigenvalue weighted by atomic mass is 16.1. The monoisotopic (exact) mass is 378 g/mol. The molecular formula is C25H34N2O. The van der Waals surface area contributed by atoms with Crippen LogP contribution in [0.25, 0.3) is 21.8 Å². The second-order valence-corrected chi connectivity index (χ2v) is 5.27. The Morgan fingerprint density at radius 1 is 0.750 bits per heavy atom. The van der Waals surface area contributed by atoms with Crippen molar-refractivity contribution in [1.29, 1.82) is 0 Å². The summed E-state index contributed by atoms with van der Waals surface area (Å²) in [5, 5.41) is 2.22. The quantitative estimate of drug-likeness (QED) is 0.322. The second-order valence-electron chi connectivity index (χ2n) is 5.27. The van der Waals surface area contributed by atoms with Gasteiger partial charge in [0.25, 0.3) is 0 Å². The maximum Gasteiger partial charge on any atom is 0.150 e. The van der Waals surface area contributed by atoms with Crippen molar-refractivity contribution >= 4 is 28.1 Å². The number of carbonyl (C=O) groups is 1. The van der Waals surface area contributed by atoms with Crippen LogP contribution >= 0.6 is 0 Å². The van der Waals surface area contributed by atoms with E-state index in [0.717, 1.165) is 22.7 Å². The van der Waals surface area contributed by atoms with E-state index in [1.165, 1.54) is 10.9 Å². The maximum absolute atomic E-state index is 10.4. The van der Waals surface area contributed by atoms with E-state index >= 15 is 0 Å². The fourth-order valence-corrected chi connectivity index (χ4v) is 2.36. The number of nitrogens with zero attached hydrogens (tertiary/aromatic N) is 2. The molecule has 4 aromatic rings. The molecule has 0 saturated heterocycles. The Kier molecular flexibility index (Phi) is 12.5. The topological polar surface area (TPSA) is 42.9 Å². The molecule has 3 heteroatoms. The summed E-state index contributed by atoms with van der Waals surface area (Å²) in [5.74, 6) is 0. The number of pyridine rings is 2. The summed E-state index contributed by atoms with van der Waals surface area (Å²) in [4.78, 5) is 18.8. The van der Waals surface area contributed by atoms with Crippen molar-refractivity contribution in [2.75, 3.05) is 0 Å².